The molecule has 0 amide bonds. The number of fused-ring (bicyclic) bond motifs is 3. The lowest BCUT2D eigenvalue weighted by Crippen LogP contribution is -2.26. The smallest absolute Gasteiger partial charge is 0.190 e. The number of halogens is 1. The SMILES string of the molecule is CSc1nc(Cl)c2c3c(sc2n1)COC(C(C)C)C3. The van der Waals surface area contributed by atoms with Crippen molar-refractivity contribution in [3.8, 4) is 0 Å². The first-order valence-electron chi connectivity index (χ1n) is 6.23. The number of thiophene rings is 1. The molecule has 0 saturated heterocycles. The molecule has 0 aromatic carbocycles. The average molecular weight is 315 g/mol. The molecule has 2 aromatic heterocycles. The molecular weight excluding hydrogens is 300 g/mol. The molecule has 3 heterocycles. The van der Waals surface area contributed by atoms with Crippen LogP contribution >= 0.6 is 34.7 Å². The average Bonchev–Trinajstić information content (AvgIpc) is 2.75. The molecule has 0 fully saturated rings. The Balaban J connectivity index is 2.13. The van der Waals surface area contributed by atoms with Crippen LogP contribution in [0.4, 0.5) is 0 Å². The van der Waals surface area contributed by atoms with E-state index in [0.29, 0.717) is 17.7 Å². The maximum atomic E-state index is 6.35. The van der Waals surface area contributed by atoms with Crippen molar-refractivity contribution in [1.29, 1.82) is 0 Å². The third kappa shape index (κ3) is 2.37. The van der Waals surface area contributed by atoms with Crippen molar-refractivity contribution in [1.82, 2.24) is 9.97 Å². The van der Waals surface area contributed by atoms with Gasteiger partial charge in [0.1, 0.15) is 9.98 Å². The second-order valence-corrected chi connectivity index (χ2v) is 7.20. The van der Waals surface area contributed by atoms with E-state index in [1.807, 2.05) is 6.26 Å². The molecule has 6 heteroatoms. The van der Waals surface area contributed by atoms with E-state index in [-0.39, 0.29) is 6.10 Å². The summed E-state index contributed by atoms with van der Waals surface area (Å²) in [5.41, 5.74) is 1.29. The van der Waals surface area contributed by atoms with Crippen LogP contribution in [0.5, 0.6) is 0 Å². The molecule has 3 nitrogen and oxygen atoms in total. The fourth-order valence-electron chi connectivity index (χ4n) is 2.34. The van der Waals surface area contributed by atoms with E-state index in [9.17, 15) is 0 Å². The van der Waals surface area contributed by atoms with E-state index in [1.54, 1.807) is 11.3 Å². The van der Waals surface area contributed by atoms with Gasteiger partial charge in [-0.25, -0.2) is 9.97 Å². The standard InChI is InChI=1S/C13H15ClN2OS2/c1-6(2)8-4-7-9(5-17-8)19-12-10(7)11(14)15-13(16-12)18-3/h6,8H,4-5H2,1-3H3. The lowest BCUT2D eigenvalue weighted by molar-refractivity contribution is 0.00202. The second-order valence-electron chi connectivity index (χ2n) is 4.98. The summed E-state index contributed by atoms with van der Waals surface area (Å²) >= 11 is 9.55. The van der Waals surface area contributed by atoms with Gasteiger partial charge in [-0.3, -0.25) is 0 Å². The fourth-order valence-corrected chi connectivity index (χ4v) is 4.27. The molecule has 0 radical (unpaired) electrons. The van der Waals surface area contributed by atoms with E-state index in [1.165, 1.54) is 22.2 Å². The second kappa shape index (κ2) is 5.20. The summed E-state index contributed by atoms with van der Waals surface area (Å²) in [6, 6.07) is 0. The van der Waals surface area contributed by atoms with Crippen LogP contribution < -0.4 is 0 Å². The normalized spacial score (nSPS) is 19.1. The van der Waals surface area contributed by atoms with Crippen LogP contribution in [0.2, 0.25) is 5.15 Å². The monoisotopic (exact) mass is 314 g/mol. The van der Waals surface area contributed by atoms with Crippen molar-refractivity contribution in [3.05, 3.63) is 15.6 Å². The molecule has 0 saturated carbocycles. The predicted octanol–water partition coefficient (Wildman–Crippen LogP) is 4.16. The Bertz CT molecular complexity index is 627. The summed E-state index contributed by atoms with van der Waals surface area (Å²) in [7, 11) is 0. The van der Waals surface area contributed by atoms with Crippen LogP contribution in [0.15, 0.2) is 5.16 Å². The van der Waals surface area contributed by atoms with Gasteiger partial charge in [0.05, 0.1) is 18.1 Å². The predicted molar refractivity (Wildman–Crippen MR) is 81.3 cm³/mol. The number of rotatable bonds is 2. The largest absolute Gasteiger partial charge is 0.372 e. The van der Waals surface area contributed by atoms with E-state index in [0.717, 1.165) is 21.8 Å². The van der Waals surface area contributed by atoms with Crippen molar-refractivity contribution in [3.63, 3.8) is 0 Å². The van der Waals surface area contributed by atoms with Crippen molar-refractivity contribution in [2.45, 2.75) is 38.1 Å². The fraction of sp³-hybridized carbons (Fsp3) is 0.538. The van der Waals surface area contributed by atoms with Crippen LogP contribution in [0.3, 0.4) is 0 Å². The Kier molecular flexibility index (Phi) is 3.73. The summed E-state index contributed by atoms with van der Waals surface area (Å²) in [6.45, 7) is 5.05. The molecule has 19 heavy (non-hydrogen) atoms. The van der Waals surface area contributed by atoms with Gasteiger partial charge in [-0.1, -0.05) is 37.2 Å². The Morgan fingerprint density at radius 3 is 2.89 bits per heavy atom. The zero-order chi connectivity index (χ0) is 13.6. The van der Waals surface area contributed by atoms with E-state index < -0.39 is 0 Å². The minimum Gasteiger partial charge on any atom is -0.372 e. The van der Waals surface area contributed by atoms with E-state index in [4.69, 9.17) is 16.3 Å². The summed E-state index contributed by atoms with van der Waals surface area (Å²) < 4.78 is 5.91. The molecule has 0 N–H and O–H groups in total. The Morgan fingerprint density at radius 1 is 1.42 bits per heavy atom. The van der Waals surface area contributed by atoms with Crippen molar-refractivity contribution in [2.24, 2.45) is 5.92 Å². The first kappa shape index (κ1) is 13.6. The molecule has 0 aliphatic carbocycles. The molecule has 0 spiro atoms. The molecule has 1 aliphatic rings. The van der Waals surface area contributed by atoms with Gasteiger partial charge in [0, 0.05) is 11.3 Å². The minimum atomic E-state index is 0.265. The first-order chi connectivity index (χ1) is 9.10. The van der Waals surface area contributed by atoms with Crippen molar-refractivity contribution < 1.29 is 4.74 Å². The molecule has 1 atom stereocenters. The van der Waals surface area contributed by atoms with Gasteiger partial charge in [-0.2, -0.15) is 0 Å². The van der Waals surface area contributed by atoms with Gasteiger partial charge in [-0.05, 0) is 17.7 Å². The number of nitrogens with zero attached hydrogens (tertiary/aromatic N) is 2. The maximum Gasteiger partial charge on any atom is 0.190 e. The highest BCUT2D eigenvalue weighted by Gasteiger charge is 2.27. The number of hydrogen-bond donors (Lipinski definition) is 0. The third-order valence-electron chi connectivity index (χ3n) is 3.43. The number of hydrogen-bond acceptors (Lipinski definition) is 5. The third-order valence-corrected chi connectivity index (χ3v) is 5.35. The number of aromatic nitrogens is 2. The highest BCUT2D eigenvalue weighted by Crippen LogP contribution is 2.39. The Morgan fingerprint density at radius 2 is 2.21 bits per heavy atom. The van der Waals surface area contributed by atoms with Gasteiger partial charge in [0.15, 0.2) is 5.16 Å². The Hall–Kier alpha value is -0.360. The quantitative estimate of drug-likeness (QED) is 0.473. The summed E-state index contributed by atoms with van der Waals surface area (Å²) in [5, 5.41) is 2.35. The van der Waals surface area contributed by atoms with Crippen LogP contribution in [-0.4, -0.2) is 22.3 Å². The van der Waals surface area contributed by atoms with E-state index in [2.05, 4.69) is 23.8 Å². The number of ether oxygens (including phenoxy) is 1. The van der Waals surface area contributed by atoms with Crippen LogP contribution in [0.1, 0.15) is 24.3 Å². The summed E-state index contributed by atoms with van der Waals surface area (Å²) in [6.07, 6.45) is 3.14. The van der Waals surface area contributed by atoms with Gasteiger partial charge in [0.25, 0.3) is 0 Å². The van der Waals surface area contributed by atoms with Crippen molar-refractivity contribution in [2.75, 3.05) is 6.26 Å². The lowest BCUT2D eigenvalue weighted by Gasteiger charge is -2.26. The van der Waals surface area contributed by atoms with Gasteiger partial charge < -0.3 is 4.74 Å². The molecular formula is C13H15ClN2OS2. The first-order valence-corrected chi connectivity index (χ1v) is 8.65. The highest BCUT2D eigenvalue weighted by molar-refractivity contribution is 7.98. The minimum absolute atomic E-state index is 0.265. The van der Waals surface area contributed by atoms with Crippen LogP contribution in [0, 0.1) is 5.92 Å². The van der Waals surface area contributed by atoms with E-state index >= 15 is 0 Å². The molecule has 1 unspecified atom stereocenters. The van der Waals surface area contributed by atoms with Gasteiger partial charge in [0.2, 0.25) is 0 Å². The molecule has 3 rings (SSSR count). The molecule has 2 aromatic rings. The van der Waals surface area contributed by atoms with Crippen molar-refractivity contribution >= 4 is 44.9 Å². The van der Waals surface area contributed by atoms with Gasteiger partial charge >= 0.3 is 0 Å². The van der Waals surface area contributed by atoms with Crippen LogP contribution in [0.25, 0.3) is 10.2 Å². The Labute approximate surface area is 125 Å². The zero-order valence-corrected chi connectivity index (χ0v) is 13.5. The number of thioether (sulfide) groups is 1. The van der Waals surface area contributed by atoms with Crippen LogP contribution in [-0.2, 0) is 17.8 Å². The highest BCUT2D eigenvalue weighted by atomic mass is 35.5. The summed E-state index contributed by atoms with van der Waals surface area (Å²) in [5.74, 6) is 0.508. The maximum absolute atomic E-state index is 6.35. The molecule has 1 aliphatic heterocycles. The molecule has 0 bridgehead atoms. The molecule has 102 valence electrons. The lowest BCUT2D eigenvalue weighted by atomic mass is 9.96. The zero-order valence-electron chi connectivity index (χ0n) is 11.1. The topological polar surface area (TPSA) is 35.0 Å². The summed E-state index contributed by atoms with van der Waals surface area (Å²) in [4.78, 5) is 11.2. The van der Waals surface area contributed by atoms with Gasteiger partial charge in [-0.15, -0.1) is 11.3 Å².